The maximum Gasteiger partial charge on any atom is 0.243 e. The average Bonchev–Trinajstić information content (AvgIpc) is 2.79. The summed E-state index contributed by atoms with van der Waals surface area (Å²) in [4.78, 5) is 0.223. The number of phenols is 1. The fraction of sp³-hybridized carbons (Fsp3) is 0.333. The predicted molar refractivity (Wildman–Crippen MR) is 91.7 cm³/mol. The molecule has 1 N–H and O–H groups in total. The van der Waals surface area contributed by atoms with Gasteiger partial charge in [0.25, 0.3) is 0 Å². The zero-order valence-corrected chi connectivity index (χ0v) is 14.4. The van der Waals surface area contributed by atoms with Crippen molar-refractivity contribution in [2.45, 2.75) is 17.2 Å². The third kappa shape index (κ3) is 3.05. The van der Waals surface area contributed by atoms with E-state index in [0.717, 1.165) is 12.0 Å². The molecule has 2 aliphatic rings. The highest BCUT2D eigenvalue weighted by molar-refractivity contribution is 7.89. The van der Waals surface area contributed by atoms with Crippen LogP contribution in [0.2, 0.25) is 0 Å². The maximum absolute atomic E-state index is 12.8. The highest BCUT2D eigenvalue weighted by Gasteiger charge is 2.37. The number of ether oxygens (including phenoxy) is 2. The highest BCUT2D eigenvalue weighted by atomic mass is 32.2. The lowest BCUT2D eigenvalue weighted by Gasteiger charge is -2.38. The second-order valence-corrected chi connectivity index (χ2v) is 8.21. The van der Waals surface area contributed by atoms with E-state index in [1.54, 1.807) is 30.3 Å². The number of rotatable bonds is 3. The number of fused-ring (bicyclic) bond motifs is 1. The van der Waals surface area contributed by atoms with Gasteiger partial charge in [0.1, 0.15) is 5.75 Å². The topological polar surface area (TPSA) is 76.1 Å². The van der Waals surface area contributed by atoms with E-state index >= 15 is 0 Å². The first-order valence-electron chi connectivity index (χ1n) is 8.23. The van der Waals surface area contributed by atoms with Crippen molar-refractivity contribution in [3.63, 3.8) is 0 Å². The van der Waals surface area contributed by atoms with E-state index in [-0.39, 0.29) is 16.6 Å². The number of sulfonamides is 1. The van der Waals surface area contributed by atoms with Gasteiger partial charge in [-0.25, -0.2) is 8.42 Å². The molecule has 2 aliphatic heterocycles. The molecule has 0 aromatic heterocycles. The van der Waals surface area contributed by atoms with Gasteiger partial charge in [-0.2, -0.15) is 4.31 Å². The Morgan fingerprint density at radius 2 is 1.64 bits per heavy atom. The Hall–Kier alpha value is -2.25. The van der Waals surface area contributed by atoms with Crippen LogP contribution in [0.1, 0.15) is 17.9 Å². The summed E-state index contributed by atoms with van der Waals surface area (Å²) in [7, 11) is -3.55. The van der Waals surface area contributed by atoms with Gasteiger partial charge in [0.05, 0.1) is 18.1 Å². The first-order valence-corrected chi connectivity index (χ1v) is 9.67. The second kappa shape index (κ2) is 6.24. The van der Waals surface area contributed by atoms with Crippen molar-refractivity contribution >= 4 is 10.0 Å². The maximum atomic E-state index is 12.8. The summed E-state index contributed by atoms with van der Waals surface area (Å²) < 4.78 is 38.2. The van der Waals surface area contributed by atoms with Crippen LogP contribution in [0.15, 0.2) is 47.4 Å². The molecule has 6 nitrogen and oxygen atoms in total. The van der Waals surface area contributed by atoms with E-state index in [1.807, 2.05) is 12.1 Å². The van der Waals surface area contributed by atoms with E-state index in [0.29, 0.717) is 37.8 Å². The van der Waals surface area contributed by atoms with Crippen LogP contribution in [0.4, 0.5) is 0 Å². The van der Waals surface area contributed by atoms with Crippen LogP contribution in [0, 0.1) is 0 Å². The van der Waals surface area contributed by atoms with Crippen molar-refractivity contribution in [2.75, 3.05) is 26.3 Å². The Balaban J connectivity index is 1.51. The summed E-state index contributed by atoms with van der Waals surface area (Å²) in [5, 5.41) is 9.35. The minimum atomic E-state index is -3.55. The molecule has 0 aliphatic carbocycles. The number of benzene rings is 2. The lowest BCUT2D eigenvalue weighted by Crippen LogP contribution is -2.48. The second-order valence-electron chi connectivity index (χ2n) is 6.27. The molecule has 0 amide bonds. The number of aromatic hydroxyl groups is 1. The minimum absolute atomic E-state index is 0.149. The van der Waals surface area contributed by atoms with Crippen molar-refractivity contribution in [1.82, 2.24) is 4.31 Å². The lowest BCUT2D eigenvalue weighted by molar-refractivity contribution is 0.264. The molecule has 25 heavy (non-hydrogen) atoms. The van der Waals surface area contributed by atoms with Crippen molar-refractivity contribution in [3.8, 4) is 17.2 Å². The van der Waals surface area contributed by atoms with Crippen LogP contribution in [0.5, 0.6) is 17.2 Å². The molecular weight excluding hydrogens is 342 g/mol. The molecule has 0 spiro atoms. The van der Waals surface area contributed by atoms with E-state index in [1.165, 1.54) is 4.31 Å². The van der Waals surface area contributed by atoms with Gasteiger partial charge in [-0.1, -0.05) is 12.1 Å². The Kier molecular flexibility index (Phi) is 4.05. The summed E-state index contributed by atoms with van der Waals surface area (Å²) >= 11 is 0. The molecule has 2 aromatic rings. The Bertz CT molecular complexity index is 873. The first-order chi connectivity index (χ1) is 12.0. The van der Waals surface area contributed by atoms with Gasteiger partial charge in [-0.05, 0) is 29.8 Å². The number of hydrogen-bond acceptors (Lipinski definition) is 5. The molecule has 2 aromatic carbocycles. The SMILES string of the molecule is O=S(=O)(c1ccc2c(c1)OCCCO2)N1CC(c2ccc(O)cc2)C1. The normalized spacial score (nSPS) is 18.4. The smallest absolute Gasteiger partial charge is 0.243 e. The van der Waals surface area contributed by atoms with Gasteiger partial charge < -0.3 is 14.6 Å². The highest BCUT2D eigenvalue weighted by Crippen LogP contribution is 2.36. The zero-order valence-electron chi connectivity index (χ0n) is 13.6. The molecule has 0 saturated carbocycles. The molecule has 0 radical (unpaired) electrons. The van der Waals surface area contributed by atoms with Crippen LogP contribution in [0.25, 0.3) is 0 Å². The standard InChI is InChI=1S/C18H19NO5S/c20-15-4-2-13(3-5-15)14-11-19(12-14)25(21,22)16-6-7-17-18(10-16)24-9-1-8-23-17/h2-7,10,14,20H,1,8-9,11-12H2. The molecule has 0 bridgehead atoms. The van der Waals surface area contributed by atoms with Crippen LogP contribution in [-0.4, -0.2) is 44.1 Å². The first kappa shape index (κ1) is 16.2. The molecule has 1 saturated heterocycles. The Morgan fingerprint density at radius 1 is 0.960 bits per heavy atom. The molecular formula is C18H19NO5S. The Morgan fingerprint density at radius 3 is 2.36 bits per heavy atom. The lowest BCUT2D eigenvalue weighted by atomic mass is 9.94. The van der Waals surface area contributed by atoms with Crippen LogP contribution in [0.3, 0.4) is 0 Å². The van der Waals surface area contributed by atoms with E-state index in [9.17, 15) is 13.5 Å². The van der Waals surface area contributed by atoms with Crippen molar-refractivity contribution in [2.24, 2.45) is 0 Å². The molecule has 7 heteroatoms. The summed E-state index contributed by atoms with van der Waals surface area (Å²) in [5.41, 5.74) is 1.03. The van der Waals surface area contributed by atoms with E-state index < -0.39 is 10.0 Å². The Labute approximate surface area is 146 Å². The van der Waals surface area contributed by atoms with Crippen LogP contribution < -0.4 is 9.47 Å². The fourth-order valence-electron chi connectivity index (χ4n) is 3.04. The monoisotopic (exact) mass is 361 g/mol. The van der Waals surface area contributed by atoms with Gasteiger partial charge in [0.2, 0.25) is 10.0 Å². The van der Waals surface area contributed by atoms with Crippen LogP contribution in [-0.2, 0) is 10.0 Å². The molecule has 0 unspecified atom stereocenters. The molecule has 4 rings (SSSR count). The molecule has 2 heterocycles. The zero-order chi connectivity index (χ0) is 17.4. The summed E-state index contributed by atoms with van der Waals surface area (Å²) in [6.45, 7) is 1.95. The van der Waals surface area contributed by atoms with E-state index in [2.05, 4.69) is 0 Å². The summed E-state index contributed by atoms with van der Waals surface area (Å²) in [6.07, 6.45) is 0.775. The minimum Gasteiger partial charge on any atom is -0.508 e. The average molecular weight is 361 g/mol. The van der Waals surface area contributed by atoms with Gasteiger partial charge in [-0.3, -0.25) is 0 Å². The summed E-state index contributed by atoms with van der Waals surface area (Å²) in [6, 6.07) is 11.7. The van der Waals surface area contributed by atoms with Crippen molar-refractivity contribution in [3.05, 3.63) is 48.0 Å². The van der Waals surface area contributed by atoms with Gasteiger partial charge in [-0.15, -0.1) is 0 Å². The van der Waals surface area contributed by atoms with Crippen LogP contribution >= 0.6 is 0 Å². The molecule has 0 atom stereocenters. The van der Waals surface area contributed by atoms with E-state index in [4.69, 9.17) is 9.47 Å². The number of nitrogens with zero attached hydrogens (tertiary/aromatic N) is 1. The van der Waals surface area contributed by atoms with Gasteiger partial charge >= 0.3 is 0 Å². The third-order valence-corrected chi connectivity index (χ3v) is 6.40. The molecule has 132 valence electrons. The quantitative estimate of drug-likeness (QED) is 0.908. The van der Waals surface area contributed by atoms with Crippen molar-refractivity contribution in [1.29, 1.82) is 0 Å². The summed E-state index contributed by atoms with van der Waals surface area (Å²) in [5.74, 6) is 1.42. The van der Waals surface area contributed by atoms with Gasteiger partial charge in [0, 0.05) is 31.5 Å². The van der Waals surface area contributed by atoms with Gasteiger partial charge in [0.15, 0.2) is 11.5 Å². The third-order valence-electron chi connectivity index (χ3n) is 4.57. The van der Waals surface area contributed by atoms with Crippen molar-refractivity contribution < 1.29 is 23.0 Å². The number of hydrogen-bond donors (Lipinski definition) is 1. The molecule has 1 fully saturated rings. The number of phenolic OH excluding ortho intramolecular Hbond substituents is 1. The predicted octanol–water partition coefficient (Wildman–Crippen LogP) is 2.34. The fourth-order valence-corrected chi connectivity index (χ4v) is 4.59. The largest absolute Gasteiger partial charge is 0.508 e.